The maximum atomic E-state index is 14.1. The van der Waals surface area contributed by atoms with E-state index in [0.717, 1.165) is 17.1 Å². The second kappa shape index (κ2) is 6.76. The lowest BCUT2D eigenvalue weighted by molar-refractivity contribution is 0.580. The minimum Gasteiger partial charge on any atom is -0.252 e. The van der Waals surface area contributed by atoms with Crippen LogP contribution in [0.25, 0.3) is 16.9 Å². The second-order valence-electron chi connectivity index (χ2n) is 6.86. The van der Waals surface area contributed by atoms with Gasteiger partial charge in [0.2, 0.25) is 5.95 Å². The van der Waals surface area contributed by atoms with Crippen molar-refractivity contribution in [2.45, 2.75) is 19.3 Å². The highest BCUT2D eigenvalue weighted by atomic mass is 19.1. The second-order valence-corrected chi connectivity index (χ2v) is 6.86. The third kappa shape index (κ3) is 3.24. The average molecular weight is 358 g/mol. The molecule has 3 heterocycles. The number of hydrogen-bond acceptors (Lipinski definition) is 3. The number of pyridine rings is 2. The maximum Gasteiger partial charge on any atom is 0.222 e. The molecule has 0 aliphatic heterocycles. The van der Waals surface area contributed by atoms with Crippen molar-refractivity contribution in [3.63, 3.8) is 0 Å². The number of aromatic nitrogens is 4. The third-order valence-electron chi connectivity index (χ3n) is 4.67. The highest BCUT2D eigenvalue weighted by molar-refractivity contribution is 5.58. The van der Waals surface area contributed by atoms with E-state index in [0.29, 0.717) is 11.3 Å². The molecule has 0 saturated carbocycles. The molecule has 0 aliphatic carbocycles. The Labute approximate surface area is 157 Å². The Morgan fingerprint density at radius 3 is 2.44 bits per heavy atom. The van der Waals surface area contributed by atoms with Gasteiger partial charge in [-0.3, -0.25) is 4.98 Å². The van der Waals surface area contributed by atoms with Crippen LogP contribution in [0.5, 0.6) is 0 Å². The van der Waals surface area contributed by atoms with E-state index < -0.39 is 11.4 Å². The fraction of sp³-hybridized carbons (Fsp3) is 0.136. The van der Waals surface area contributed by atoms with Crippen LogP contribution in [0.1, 0.15) is 25.2 Å². The van der Waals surface area contributed by atoms with Gasteiger partial charge in [0.25, 0.3) is 0 Å². The number of hydrogen-bond donors (Lipinski definition) is 0. The van der Waals surface area contributed by atoms with Crippen LogP contribution >= 0.6 is 0 Å². The summed E-state index contributed by atoms with van der Waals surface area (Å²) in [4.78, 5) is 8.42. The molecule has 0 saturated heterocycles. The van der Waals surface area contributed by atoms with E-state index >= 15 is 0 Å². The normalized spacial score (nSPS) is 11.5. The van der Waals surface area contributed by atoms with Crippen LogP contribution in [0.2, 0.25) is 0 Å². The molecule has 0 fully saturated rings. The first-order valence-corrected chi connectivity index (χ1v) is 8.76. The van der Waals surface area contributed by atoms with Crippen LogP contribution in [0.15, 0.2) is 79.1 Å². The molecular weight excluding hydrogens is 339 g/mol. The average Bonchev–Trinajstić information content (AvgIpc) is 3.20. The SMILES string of the molecule is CC(C)(c1cccc(-c2cccnc2F)n1)c1ccn(-c2ccccc2)n1. The quantitative estimate of drug-likeness (QED) is 0.493. The van der Waals surface area contributed by atoms with Crippen LogP contribution in [-0.4, -0.2) is 19.7 Å². The summed E-state index contributed by atoms with van der Waals surface area (Å²) in [5.74, 6) is -0.520. The standard InChI is InChI=1S/C22H19FN4/c1-22(2,20-13-15-27(26-20)16-8-4-3-5-9-16)19-12-6-11-18(25-19)17-10-7-14-24-21(17)23/h3-15H,1-2H3. The van der Waals surface area contributed by atoms with Gasteiger partial charge in [-0.2, -0.15) is 9.49 Å². The van der Waals surface area contributed by atoms with Gasteiger partial charge >= 0.3 is 0 Å². The molecule has 0 spiro atoms. The van der Waals surface area contributed by atoms with E-state index in [9.17, 15) is 4.39 Å². The van der Waals surface area contributed by atoms with Crippen molar-refractivity contribution < 1.29 is 4.39 Å². The molecule has 134 valence electrons. The van der Waals surface area contributed by atoms with Crippen molar-refractivity contribution >= 4 is 0 Å². The molecule has 0 amide bonds. The van der Waals surface area contributed by atoms with E-state index in [-0.39, 0.29) is 0 Å². The zero-order valence-electron chi connectivity index (χ0n) is 15.2. The fourth-order valence-electron chi connectivity index (χ4n) is 3.02. The van der Waals surface area contributed by atoms with E-state index in [2.05, 4.69) is 18.8 Å². The lowest BCUT2D eigenvalue weighted by Gasteiger charge is -2.22. The summed E-state index contributed by atoms with van der Waals surface area (Å²) < 4.78 is 15.9. The Morgan fingerprint density at radius 1 is 0.852 bits per heavy atom. The summed E-state index contributed by atoms with van der Waals surface area (Å²) in [6.45, 7) is 4.13. The van der Waals surface area contributed by atoms with Crippen molar-refractivity contribution in [2.75, 3.05) is 0 Å². The molecule has 27 heavy (non-hydrogen) atoms. The van der Waals surface area contributed by atoms with Gasteiger partial charge in [0.15, 0.2) is 0 Å². The summed E-state index contributed by atoms with van der Waals surface area (Å²) in [5.41, 5.74) is 3.23. The predicted octanol–water partition coefficient (Wildman–Crippen LogP) is 4.79. The first kappa shape index (κ1) is 17.1. The lowest BCUT2D eigenvalue weighted by atomic mass is 9.85. The molecular formula is C22H19FN4. The maximum absolute atomic E-state index is 14.1. The van der Waals surface area contributed by atoms with Gasteiger partial charge < -0.3 is 0 Å². The number of benzene rings is 1. The lowest BCUT2D eigenvalue weighted by Crippen LogP contribution is -2.22. The first-order chi connectivity index (χ1) is 13.1. The van der Waals surface area contributed by atoms with Crippen LogP contribution in [-0.2, 0) is 5.41 Å². The molecule has 0 bridgehead atoms. The molecule has 0 aliphatic rings. The third-order valence-corrected chi connectivity index (χ3v) is 4.67. The Kier molecular flexibility index (Phi) is 4.28. The summed E-state index contributed by atoms with van der Waals surface area (Å²) in [7, 11) is 0. The van der Waals surface area contributed by atoms with Crippen LogP contribution in [0.4, 0.5) is 4.39 Å². The summed E-state index contributed by atoms with van der Waals surface area (Å²) in [5, 5.41) is 4.74. The van der Waals surface area contributed by atoms with Crippen molar-refractivity contribution in [2.24, 2.45) is 0 Å². The Balaban J connectivity index is 1.72. The Hall–Kier alpha value is -3.34. The zero-order chi connectivity index (χ0) is 18.9. The minimum absolute atomic E-state index is 0.393. The molecule has 0 N–H and O–H groups in total. The van der Waals surface area contributed by atoms with Crippen molar-refractivity contribution in [3.05, 3.63) is 96.5 Å². The molecule has 0 unspecified atom stereocenters. The molecule has 0 atom stereocenters. The monoisotopic (exact) mass is 358 g/mol. The van der Waals surface area contributed by atoms with E-state index in [1.807, 2.05) is 59.4 Å². The molecule has 5 heteroatoms. The Bertz CT molecular complexity index is 1070. The van der Waals surface area contributed by atoms with Crippen molar-refractivity contribution in [1.82, 2.24) is 19.7 Å². The van der Waals surface area contributed by atoms with Gasteiger partial charge in [0, 0.05) is 12.4 Å². The molecule has 4 nitrogen and oxygen atoms in total. The summed E-state index contributed by atoms with van der Waals surface area (Å²) in [6.07, 6.45) is 3.37. The van der Waals surface area contributed by atoms with Crippen molar-refractivity contribution in [1.29, 1.82) is 0 Å². The van der Waals surface area contributed by atoms with Gasteiger partial charge in [-0.15, -0.1) is 0 Å². The highest BCUT2D eigenvalue weighted by Crippen LogP contribution is 2.31. The fourth-order valence-corrected chi connectivity index (χ4v) is 3.02. The predicted molar refractivity (Wildman–Crippen MR) is 103 cm³/mol. The van der Waals surface area contributed by atoms with Gasteiger partial charge in [0.1, 0.15) is 0 Å². The largest absolute Gasteiger partial charge is 0.252 e. The number of para-hydroxylation sites is 1. The number of nitrogens with zero attached hydrogens (tertiary/aromatic N) is 4. The summed E-state index contributed by atoms with van der Waals surface area (Å²) in [6, 6.07) is 21.0. The first-order valence-electron chi connectivity index (χ1n) is 8.76. The van der Waals surface area contributed by atoms with E-state index in [1.165, 1.54) is 6.20 Å². The smallest absolute Gasteiger partial charge is 0.222 e. The van der Waals surface area contributed by atoms with Crippen LogP contribution < -0.4 is 0 Å². The molecule has 0 radical (unpaired) electrons. The van der Waals surface area contributed by atoms with E-state index in [4.69, 9.17) is 10.1 Å². The number of halogens is 1. The van der Waals surface area contributed by atoms with Crippen LogP contribution in [0, 0.1) is 5.95 Å². The summed E-state index contributed by atoms with van der Waals surface area (Å²) >= 11 is 0. The zero-order valence-corrected chi connectivity index (χ0v) is 15.2. The van der Waals surface area contributed by atoms with Crippen molar-refractivity contribution in [3.8, 4) is 16.9 Å². The van der Waals surface area contributed by atoms with Gasteiger partial charge in [-0.1, -0.05) is 24.3 Å². The molecule has 4 rings (SSSR count). The van der Waals surface area contributed by atoms with Crippen LogP contribution in [0.3, 0.4) is 0 Å². The molecule has 3 aromatic heterocycles. The molecule has 4 aromatic rings. The van der Waals surface area contributed by atoms with Gasteiger partial charge in [0.05, 0.1) is 33.7 Å². The Morgan fingerprint density at radius 2 is 1.67 bits per heavy atom. The molecule has 1 aromatic carbocycles. The van der Waals surface area contributed by atoms with E-state index in [1.54, 1.807) is 18.2 Å². The number of rotatable bonds is 4. The minimum atomic E-state index is -0.520. The topological polar surface area (TPSA) is 43.6 Å². The van der Waals surface area contributed by atoms with Gasteiger partial charge in [-0.05, 0) is 56.3 Å². The highest BCUT2D eigenvalue weighted by Gasteiger charge is 2.28. The van der Waals surface area contributed by atoms with Gasteiger partial charge in [-0.25, -0.2) is 9.67 Å².